The molecule has 15 heavy (non-hydrogen) atoms. The standard InChI is InChI=1S/C7H8BNO3.CH2O2/c9-7(10)5-3-1-2-4-6(5)8(11)12;2-1-3/h1-4,11-12H,(H2,9,10);1H,(H,2,3). The Bertz CT molecular complexity index is 342. The van der Waals surface area contributed by atoms with Gasteiger partial charge in [0.05, 0.1) is 0 Å². The van der Waals surface area contributed by atoms with Crippen LogP contribution in [0.2, 0.25) is 0 Å². The molecule has 1 rings (SSSR count). The maximum Gasteiger partial charge on any atom is 0.489 e. The molecule has 0 atom stereocenters. The van der Waals surface area contributed by atoms with Crippen molar-refractivity contribution in [3.05, 3.63) is 29.8 Å². The maximum absolute atomic E-state index is 10.7. The molecule has 1 aromatic carbocycles. The number of carboxylic acid groups (broad SMARTS) is 1. The van der Waals surface area contributed by atoms with E-state index < -0.39 is 13.0 Å². The number of carbonyl (C=O) groups is 2. The second kappa shape index (κ2) is 6.58. The van der Waals surface area contributed by atoms with Crippen molar-refractivity contribution in [1.29, 1.82) is 0 Å². The summed E-state index contributed by atoms with van der Waals surface area (Å²) in [7, 11) is -1.66. The van der Waals surface area contributed by atoms with Crippen molar-refractivity contribution < 1.29 is 24.7 Å². The molecule has 0 unspecified atom stereocenters. The van der Waals surface area contributed by atoms with Crippen molar-refractivity contribution in [2.75, 3.05) is 0 Å². The van der Waals surface area contributed by atoms with Crippen molar-refractivity contribution in [1.82, 2.24) is 0 Å². The number of rotatable bonds is 2. The first kappa shape index (κ1) is 13.1. The number of primary amides is 1. The molecule has 80 valence electrons. The van der Waals surface area contributed by atoms with Gasteiger partial charge in [0.25, 0.3) is 6.47 Å². The zero-order valence-electron chi connectivity index (χ0n) is 7.70. The van der Waals surface area contributed by atoms with Crippen LogP contribution in [-0.4, -0.2) is 34.7 Å². The summed E-state index contributed by atoms with van der Waals surface area (Å²) in [4.78, 5) is 19.1. The van der Waals surface area contributed by atoms with E-state index in [0.717, 1.165) is 0 Å². The molecule has 0 fully saturated rings. The second-order valence-electron chi connectivity index (χ2n) is 2.43. The zero-order valence-corrected chi connectivity index (χ0v) is 7.70. The average Bonchev–Trinajstić information content (AvgIpc) is 2.19. The van der Waals surface area contributed by atoms with Crippen LogP contribution in [0.1, 0.15) is 10.4 Å². The lowest BCUT2D eigenvalue weighted by atomic mass is 9.77. The molecule has 0 saturated carbocycles. The maximum atomic E-state index is 10.7. The number of amides is 1. The summed E-state index contributed by atoms with van der Waals surface area (Å²) < 4.78 is 0. The van der Waals surface area contributed by atoms with E-state index in [2.05, 4.69) is 0 Å². The van der Waals surface area contributed by atoms with Gasteiger partial charge in [0.2, 0.25) is 5.91 Å². The Morgan fingerprint density at radius 3 is 2.13 bits per heavy atom. The Balaban J connectivity index is 0.000000583. The minimum absolute atomic E-state index is 0.130. The molecule has 5 N–H and O–H groups in total. The normalized spacial score (nSPS) is 8.40. The molecule has 7 heteroatoms. The molecular formula is C8H10BNO5. The van der Waals surface area contributed by atoms with Crippen molar-refractivity contribution in [3.8, 4) is 0 Å². The Labute approximate surface area is 86.1 Å². The lowest BCUT2D eigenvalue weighted by Crippen LogP contribution is -2.36. The Hall–Kier alpha value is -1.86. The van der Waals surface area contributed by atoms with Crippen LogP contribution < -0.4 is 11.2 Å². The van der Waals surface area contributed by atoms with Crippen molar-refractivity contribution in [2.45, 2.75) is 0 Å². The highest BCUT2D eigenvalue weighted by Crippen LogP contribution is 1.94. The lowest BCUT2D eigenvalue weighted by Gasteiger charge is -2.03. The molecule has 0 radical (unpaired) electrons. The lowest BCUT2D eigenvalue weighted by molar-refractivity contribution is -0.122. The van der Waals surface area contributed by atoms with Gasteiger partial charge in [-0.3, -0.25) is 9.59 Å². The molecule has 1 amide bonds. The molecule has 6 nitrogen and oxygen atoms in total. The summed E-state index contributed by atoms with van der Waals surface area (Å²) in [5.74, 6) is -0.668. The predicted molar refractivity (Wildman–Crippen MR) is 53.5 cm³/mol. The topological polar surface area (TPSA) is 121 Å². The first-order valence-corrected chi connectivity index (χ1v) is 3.87. The molecule has 0 aromatic heterocycles. The van der Waals surface area contributed by atoms with E-state index in [1.165, 1.54) is 12.1 Å². The molecule has 0 aliphatic carbocycles. The fourth-order valence-electron chi connectivity index (χ4n) is 0.947. The number of benzene rings is 1. The van der Waals surface area contributed by atoms with Gasteiger partial charge in [-0.15, -0.1) is 0 Å². The molecule has 0 aliphatic rings. The summed E-state index contributed by atoms with van der Waals surface area (Å²) >= 11 is 0. The van der Waals surface area contributed by atoms with E-state index in [1.54, 1.807) is 12.1 Å². The van der Waals surface area contributed by atoms with E-state index in [9.17, 15) is 4.79 Å². The SMILES string of the molecule is NC(=O)c1ccccc1B(O)O.O=CO. The number of carbonyl (C=O) groups excluding carboxylic acids is 1. The van der Waals surface area contributed by atoms with Crippen LogP contribution >= 0.6 is 0 Å². The summed E-state index contributed by atoms with van der Waals surface area (Å²) in [5, 5.41) is 24.5. The summed E-state index contributed by atoms with van der Waals surface area (Å²) in [6.45, 7) is -0.250. The molecule has 0 spiro atoms. The molecule has 0 saturated heterocycles. The van der Waals surface area contributed by atoms with Crippen LogP contribution in [0.15, 0.2) is 24.3 Å². The molecule has 1 aromatic rings. The van der Waals surface area contributed by atoms with Gasteiger partial charge >= 0.3 is 7.12 Å². The van der Waals surface area contributed by atoms with Gasteiger partial charge in [0.1, 0.15) is 0 Å². The fourth-order valence-corrected chi connectivity index (χ4v) is 0.947. The van der Waals surface area contributed by atoms with Crippen LogP contribution in [0, 0.1) is 0 Å². The number of hydrogen-bond acceptors (Lipinski definition) is 4. The highest BCUT2D eigenvalue weighted by atomic mass is 16.4. The van der Waals surface area contributed by atoms with Gasteiger partial charge in [-0.25, -0.2) is 0 Å². The molecule has 0 aliphatic heterocycles. The summed E-state index contributed by atoms with van der Waals surface area (Å²) in [5.41, 5.74) is 5.25. The van der Waals surface area contributed by atoms with E-state index in [4.69, 9.17) is 25.7 Å². The van der Waals surface area contributed by atoms with Gasteiger partial charge in [0, 0.05) is 5.56 Å². The highest BCUT2D eigenvalue weighted by molar-refractivity contribution is 6.60. The molecule has 0 heterocycles. The van der Waals surface area contributed by atoms with Crippen LogP contribution in [0.5, 0.6) is 0 Å². The second-order valence-corrected chi connectivity index (χ2v) is 2.43. The summed E-state index contributed by atoms with van der Waals surface area (Å²) in [6, 6.07) is 6.08. The van der Waals surface area contributed by atoms with E-state index in [0.29, 0.717) is 0 Å². The Kier molecular flexibility index (Phi) is 5.76. The minimum atomic E-state index is -1.66. The molecular weight excluding hydrogens is 201 g/mol. The average molecular weight is 211 g/mol. The fraction of sp³-hybridized carbons (Fsp3) is 0. The van der Waals surface area contributed by atoms with Gasteiger partial charge in [-0.2, -0.15) is 0 Å². The Morgan fingerprint density at radius 1 is 1.33 bits per heavy atom. The van der Waals surface area contributed by atoms with Crippen molar-refractivity contribution in [3.63, 3.8) is 0 Å². The molecule has 0 bridgehead atoms. The van der Waals surface area contributed by atoms with Crippen molar-refractivity contribution in [2.24, 2.45) is 5.73 Å². The van der Waals surface area contributed by atoms with Gasteiger partial charge in [0.15, 0.2) is 0 Å². The van der Waals surface area contributed by atoms with Crippen LogP contribution in [0.4, 0.5) is 0 Å². The van der Waals surface area contributed by atoms with E-state index >= 15 is 0 Å². The number of nitrogens with two attached hydrogens (primary N) is 1. The minimum Gasteiger partial charge on any atom is -0.483 e. The van der Waals surface area contributed by atoms with Crippen LogP contribution in [0.3, 0.4) is 0 Å². The largest absolute Gasteiger partial charge is 0.489 e. The van der Waals surface area contributed by atoms with Gasteiger partial charge in [-0.1, -0.05) is 18.2 Å². The Morgan fingerprint density at radius 2 is 1.80 bits per heavy atom. The third-order valence-corrected chi connectivity index (χ3v) is 1.50. The third-order valence-electron chi connectivity index (χ3n) is 1.50. The summed E-state index contributed by atoms with van der Waals surface area (Å²) in [6.07, 6.45) is 0. The number of hydrogen-bond donors (Lipinski definition) is 4. The first-order valence-electron chi connectivity index (χ1n) is 3.87. The third kappa shape index (κ3) is 4.25. The van der Waals surface area contributed by atoms with Gasteiger partial charge in [-0.05, 0) is 11.5 Å². The van der Waals surface area contributed by atoms with Crippen LogP contribution in [-0.2, 0) is 4.79 Å². The van der Waals surface area contributed by atoms with E-state index in [-0.39, 0.29) is 17.5 Å². The smallest absolute Gasteiger partial charge is 0.483 e. The highest BCUT2D eigenvalue weighted by Gasteiger charge is 2.17. The van der Waals surface area contributed by atoms with Crippen LogP contribution in [0.25, 0.3) is 0 Å². The monoisotopic (exact) mass is 211 g/mol. The predicted octanol–water partition coefficient (Wildman–Crippen LogP) is -1.83. The van der Waals surface area contributed by atoms with E-state index in [1.807, 2.05) is 0 Å². The zero-order chi connectivity index (χ0) is 11.8. The van der Waals surface area contributed by atoms with Gasteiger partial charge < -0.3 is 20.9 Å². The van der Waals surface area contributed by atoms with Crippen molar-refractivity contribution >= 4 is 25.0 Å². The first-order chi connectivity index (χ1) is 7.04. The quantitative estimate of drug-likeness (QED) is 0.338.